The van der Waals surface area contributed by atoms with E-state index in [9.17, 15) is 19.5 Å². The first-order valence-corrected chi connectivity index (χ1v) is 45.8. The smallest absolute Gasteiger partial charge is 0.361 e. The number of carboxylic acids is 1. The van der Waals surface area contributed by atoms with Crippen LogP contribution in [0.1, 0.15) is 450 Å². The van der Waals surface area contributed by atoms with E-state index in [1.165, 1.54) is 340 Å². The molecular weight excluding hydrogens is 1300 g/mol. The fourth-order valence-corrected chi connectivity index (χ4v) is 13.8. The van der Waals surface area contributed by atoms with Crippen LogP contribution in [0.25, 0.3) is 0 Å². The molecule has 0 aromatic heterocycles. The first kappa shape index (κ1) is 101. The number of nitrogens with zero attached hydrogens (tertiary/aromatic N) is 1. The van der Waals surface area contributed by atoms with Gasteiger partial charge in [-0.25, -0.2) is 4.79 Å². The standard InChI is InChI=1S/C96H175NO8/c1-6-8-10-12-14-16-18-20-22-24-26-28-30-32-34-36-38-40-42-44-46-47-49-51-53-55-57-59-61-63-65-67-69-71-73-75-77-79-81-83-85-87-94(99)105-92(91-104-96(95(100)101)102-89-88-97(3,4)5)90-103-93(98)86-84-82-80-78-76-74-72-70-68-66-64-62-60-58-56-54-52-50-48-45-43-41-39-37-35-33-31-29-27-25-23-21-19-17-15-13-11-9-7-2/h8,10,14,16,20,22,26,28,32,34,38,40,44,46,92,96H,6-7,9,11-13,15,17-19,21,23-25,27,29-31,33,35-37,39,41-43,45,47-91H2,1-5H3/p+1/b10-8-,16-14-,22-20-,28-26-,34-32-,40-38-,46-44-. The molecule has 1 N–H and O–H groups in total. The number of hydrogen-bond acceptors (Lipinski definition) is 7. The van der Waals surface area contributed by atoms with Crippen molar-refractivity contribution in [3.05, 3.63) is 85.1 Å². The van der Waals surface area contributed by atoms with Gasteiger partial charge >= 0.3 is 17.9 Å². The van der Waals surface area contributed by atoms with Gasteiger partial charge in [0, 0.05) is 12.8 Å². The number of carbonyl (C=O) groups excluding carboxylic acids is 2. The van der Waals surface area contributed by atoms with Gasteiger partial charge in [0.25, 0.3) is 6.29 Å². The Kier molecular flexibility index (Phi) is 83.2. The Hall–Kier alpha value is -3.53. The summed E-state index contributed by atoms with van der Waals surface area (Å²) in [7, 11) is 6.00. The van der Waals surface area contributed by atoms with Crippen molar-refractivity contribution in [1.29, 1.82) is 0 Å². The highest BCUT2D eigenvalue weighted by Gasteiger charge is 2.25. The Morgan fingerprint density at radius 1 is 0.295 bits per heavy atom. The van der Waals surface area contributed by atoms with Crippen LogP contribution in [0.15, 0.2) is 85.1 Å². The molecule has 0 spiro atoms. The SMILES string of the molecule is CC/C=C\C/C=C\C/C=C\C/C=C\C/C=C\C/C=C\C/C=C\CCCCCCCCCCCCCCCCCCCCCC(=O)OC(COC(=O)CCCCCCCCCCCCCCCCCCCCCCCCCCCCCCCCCCCCCCCCC)COC(OCC[N+](C)(C)C)C(=O)O. The summed E-state index contributed by atoms with van der Waals surface area (Å²) in [6.07, 6.45) is 117. The number of aliphatic carboxylic acids is 1. The topological polar surface area (TPSA) is 108 Å². The second kappa shape index (κ2) is 86.1. The van der Waals surface area contributed by atoms with Crippen LogP contribution in [0.2, 0.25) is 0 Å². The summed E-state index contributed by atoms with van der Waals surface area (Å²) >= 11 is 0. The Bertz CT molecular complexity index is 2010. The van der Waals surface area contributed by atoms with Gasteiger partial charge in [-0.15, -0.1) is 0 Å². The zero-order chi connectivity index (χ0) is 76.0. The van der Waals surface area contributed by atoms with Crippen LogP contribution in [-0.2, 0) is 33.3 Å². The van der Waals surface area contributed by atoms with E-state index < -0.39 is 18.4 Å². The second-order valence-electron chi connectivity index (χ2n) is 32.2. The first-order chi connectivity index (χ1) is 51.6. The molecule has 0 aliphatic heterocycles. The number of carbonyl (C=O) groups is 3. The van der Waals surface area contributed by atoms with Crippen LogP contribution >= 0.6 is 0 Å². The van der Waals surface area contributed by atoms with E-state index in [0.717, 1.165) is 83.5 Å². The minimum absolute atomic E-state index is 0.177. The number of hydrogen-bond donors (Lipinski definition) is 1. The molecule has 0 saturated carbocycles. The fourth-order valence-electron chi connectivity index (χ4n) is 13.8. The van der Waals surface area contributed by atoms with Crippen LogP contribution in [0.5, 0.6) is 0 Å². The Balaban J connectivity index is 3.91. The number of esters is 2. The summed E-state index contributed by atoms with van der Waals surface area (Å²) in [6, 6.07) is 0. The lowest BCUT2D eigenvalue weighted by Crippen LogP contribution is -2.40. The van der Waals surface area contributed by atoms with Crippen molar-refractivity contribution in [1.82, 2.24) is 0 Å². The number of unbranched alkanes of at least 4 members (excludes halogenated alkanes) is 57. The second-order valence-corrected chi connectivity index (χ2v) is 32.2. The highest BCUT2D eigenvalue weighted by atomic mass is 16.7. The van der Waals surface area contributed by atoms with E-state index in [-0.39, 0.29) is 38.2 Å². The van der Waals surface area contributed by atoms with Crippen molar-refractivity contribution in [2.45, 2.75) is 463 Å². The van der Waals surface area contributed by atoms with Gasteiger partial charge < -0.3 is 28.5 Å². The normalized spacial score (nSPS) is 13.0. The molecule has 0 saturated heterocycles. The lowest BCUT2D eigenvalue weighted by Gasteiger charge is -2.25. The molecule has 0 rings (SSSR count). The average molecular weight is 1470 g/mol. The third-order valence-electron chi connectivity index (χ3n) is 20.7. The highest BCUT2D eigenvalue weighted by Crippen LogP contribution is 2.21. The third kappa shape index (κ3) is 87.6. The Morgan fingerprint density at radius 2 is 0.543 bits per heavy atom. The molecule has 2 atom stereocenters. The van der Waals surface area contributed by atoms with Gasteiger partial charge in [0.05, 0.1) is 34.4 Å². The summed E-state index contributed by atoms with van der Waals surface area (Å²) in [5.41, 5.74) is 0. The lowest BCUT2D eigenvalue weighted by molar-refractivity contribution is -0.870. The van der Waals surface area contributed by atoms with Crippen molar-refractivity contribution in [3.8, 4) is 0 Å². The van der Waals surface area contributed by atoms with Crippen LogP contribution in [0.3, 0.4) is 0 Å². The van der Waals surface area contributed by atoms with Gasteiger partial charge in [0.15, 0.2) is 6.10 Å². The van der Waals surface area contributed by atoms with E-state index in [0.29, 0.717) is 17.4 Å². The maximum absolute atomic E-state index is 13.0. The van der Waals surface area contributed by atoms with Crippen molar-refractivity contribution in [2.75, 3.05) is 47.5 Å². The van der Waals surface area contributed by atoms with E-state index in [1.54, 1.807) is 0 Å². The van der Waals surface area contributed by atoms with Crippen molar-refractivity contribution < 1.29 is 42.9 Å². The van der Waals surface area contributed by atoms with Gasteiger partial charge in [0.1, 0.15) is 13.2 Å². The molecule has 9 heteroatoms. The molecule has 0 bridgehead atoms. The Morgan fingerprint density at radius 3 is 0.810 bits per heavy atom. The zero-order valence-corrected chi connectivity index (χ0v) is 70.4. The predicted molar refractivity (Wildman–Crippen MR) is 456 cm³/mol. The number of likely N-dealkylation sites (N-methyl/N-ethyl adjacent to an activating group) is 1. The molecule has 0 aromatic carbocycles. The number of rotatable bonds is 86. The van der Waals surface area contributed by atoms with Crippen molar-refractivity contribution >= 4 is 17.9 Å². The monoisotopic (exact) mass is 1470 g/mol. The summed E-state index contributed by atoms with van der Waals surface area (Å²) in [6.45, 7) is 4.84. The maximum atomic E-state index is 13.0. The minimum atomic E-state index is -1.51. The van der Waals surface area contributed by atoms with Gasteiger partial charge in [-0.1, -0.05) is 452 Å². The Labute approximate surface area is 652 Å². The maximum Gasteiger partial charge on any atom is 0.361 e. The molecule has 612 valence electrons. The molecule has 0 aromatic rings. The highest BCUT2D eigenvalue weighted by molar-refractivity contribution is 5.71. The lowest BCUT2D eigenvalue weighted by atomic mass is 10.0. The molecule has 2 unspecified atom stereocenters. The zero-order valence-electron chi connectivity index (χ0n) is 70.4. The number of carboxylic acid groups (broad SMARTS) is 1. The summed E-state index contributed by atoms with van der Waals surface area (Å²) in [5, 5.41) is 9.80. The van der Waals surface area contributed by atoms with Gasteiger partial charge in [-0.2, -0.15) is 0 Å². The first-order valence-electron chi connectivity index (χ1n) is 45.8. The summed E-state index contributed by atoms with van der Waals surface area (Å²) in [5.74, 6) is -1.97. The summed E-state index contributed by atoms with van der Waals surface area (Å²) < 4.78 is 23.1. The van der Waals surface area contributed by atoms with E-state index in [4.69, 9.17) is 18.9 Å². The molecular formula is C96H176NO8+. The number of ether oxygens (including phenoxy) is 4. The number of quaternary nitrogens is 1. The van der Waals surface area contributed by atoms with Crippen molar-refractivity contribution in [2.24, 2.45) is 0 Å². The minimum Gasteiger partial charge on any atom is -0.477 e. The third-order valence-corrected chi connectivity index (χ3v) is 20.7. The van der Waals surface area contributed by atoms with Crippen molar-refractivity contribution in [3.63, 3.8) is 0 Å². The van der Waals surface area contributed by atoms with Gasteiger partial charge in [-0.3, -0.25) is 9.59 Å². The van der Waals surface area contributed by atoms with E-state index >= 15 is 0 Å². The van der Waals surface area contributed by atoms with Crippen LogP contribution in [0, 0.1) is 0 Å². The molecule has 0 amide bonds. The average Bonchev–Trinajstić information content (AvgIpc) is 1.18. The summed E-state index contributed by atoms with van der Waals surface area (Å²) in [4.78, 5) is 37.8. The molecule has 105 heavy (non-hydrogen) atoms. The van der Waals surface area contributed by atoms with Crippen LogP contribution in [0.4, 0.5) is 0 Å². The molecule has 0 heterocycles. The van der Waals surface area contributed by atoms with E-state index in [1.807, 2.05) is 21.1 Å². The van der Waals surface area contributed by atoms with Crippen LogP contribution in [-0.4, -0.2) is 87.4 Å². The molecule has 0 aliphatic carbocycles. The van der Waals surface area contributed by atoms with Gasteiger partial charge in [0.2, 0.25) is 0 Å². The fraction of sp³-hybridized carbons (Fsp3) is 0.823. The molecule has 0 radical (unpaired) electrons. The van der Waals surface area contributed by atoms with E-state index in [2.05, 4.69) is 98.9 Å². The molecule has 9 nitrogen and oxygen atoms in total. The quantitative estimate of drug-likeness (QED) is 0.0211. The predicted octanol–water partition coefficient (Wildman–Crippen LogP) is 30.1. The molecule has 0 aliphatic rings. The molecule has 0 fully saturated rings. The number of allylic oxidation sites excluding steroid dienone is 14. The van der Waals surface area contributed by atoms with Crippen LogP contribution < -0.4 is 0 Å². The largest absolute Gasteiger partial charge is 0.477 e. The van der Waals surface area contributed by atoms with Gasteiger partial charge in [-0.05, 0) is 70.6 Å².